The summed E-state index contributed by atoms with van der Waals surface area (Å²) in [4.78, 5) is 11.4. The molecule has 0 saturated heterocycles. The molecule has 1 aromatic carbocycles. The lowest BCUT2D eigenvalue weighted by molar-refractivity contribution is -0.274. The summed E-state index contributed by atoms with van der Waals surface area (Å²) >= 11 is 3.04. The molecule has 0 radical (unpaired) electrons. The van der Waals surface area contributed by atoms with Crippen molar-refractivity contribution in [3.63, 3.8) is 0 Å². The van der Waals surface area contributed by atoms with E-state index >= 15 is 0 Å². The molecule has 118 valence electrons. The average molecular weight is 372 g/mol. The van der Waals surface area contributed by atoms with E-state index in [1.807, 2.05) is 0 Å². The van der Waals surface area contributed by atoms with Crippen LogP contribution in [0.15, 0.2) is 22.7 Å². The highest BCUT2D eigenvalue weighted by molar-refractivity contribution is 9.10. The third-order valence-electron chi connectivity index (χ3n) is 2.12. The van der Waals surface area contributed by atoms with E-state index in [1.54, 1.807) is 0 Å². The van der Waals surface area contributed by atoms with Gasteiger partial charge in [0.2, 0.25) is 0 Å². The van der Waals surface area contributed by atoms with Crippen LogP contribution in [0.25, 0.3) is 0 Å². The Balaban J connectivity index is 2.51. The maximum atomic E-state index is 12.0. The van der Waals surface area contributed by atoms with E-state index in [9.17, 15) is 18.0 Å². The highest BCUT2D eigenvalue weighted by atomic mass is 79.9. The van der Waals surface area contributed by atoms with Gasteiger partial charge in [-0.2, -0.15) is 0 Å². The Morgan fingerprint density at radius 2 is 2.10 bits per heavy atom. The number of alkyl halides is 3. The first-order valence-corrected chi connectivity index (χ1v) is 6.55. The largest absolute Gasteiger partial charge is 0.573 e. The topological polar surface area (TPSA) is 56.8 Å². The van der Waals surface area contributed by atoms with Crippen LogP contribution >= 0.6 is 15.9 Å². The molecule has 0 aromatic heterocycles. The number of hydrogen-bond acceptors (Lipinski definition) is 4. The molecule has 0 atom stereocenters. The minimum atomic E-state index is -4.76. The van der Waals surface area contributed by atoms with Crippen LogP contribution in [-0.2, 0) is 9.53 Å². The van der Waals surface area contributed by atoms with Crippen LogP contribution in [0.3, 0.4) is 0 Å². The standard InChI is InChI=1S/C12H13BrF3NO4/c1-19-5-4-17-11(18)7-20-10-3-2-8(6-9(10)13)21-12(14,15)16/h2-3,6H,4-5,7H2,1H3,(H,17,18). The molecule has 21 heavy (non-hydrogen) atoms. The Morgan fingerprint density at radius 1 is 1.38 bits per heavy atom. The monoisotopic (exact) mass is 371 g/mol. The van der Waals surface area contributed by atoms with Gasteiger partial charge in [-0.3, -0.25) is 4.79 Å². The Hall–Kier alpha value is -1.48. The van der Waals surface area contributed by atoms with Crippen LogP contribution in [0.2, 0.25) is 0 Å². The fourth-order valence-electron chi connectivity index (χ4n) is 1.28. The van der Waals surface area contributed by atoms with Crippen molar-refractivity contribution in [3.05, 3.63) is 22.7 Å². The molecule has 0 spiro atoms. The predicted molar refractivity (Wildman–Crippen MR) is 71.2 cm³/mol. The number of benzene rings is 1. The SMILES string of the molecule is COCCNC(=O)COc1ccc(OC(F)(F)F)cc1Br. The summed E-state index contributed by atoms with van der Waals surface area (Å²) in [6.07, 6.45) is -4.76. The number of amides is 1. The average Bonchev–Trinajstić information content (AvgIpc) is 2.36. The lowest BCUT2D eigenvalue weighted by Crippen LogP contribution is -2.31. The van der Waals surface area contributed by atoms with Crippen molar-refractivity contribution >= 4 is 21.8 Å². The van der Waals surface area contributed by atoms with Crippen LogP contribution in [0.5, 0.6) is 11.5 Å². The molecule has 1 amide bonds. The van der Waals surface area contributed by atoms with E-state index in [0.29, 0.717) is 13.2 Å². The van der Waals surface area contributed by atoms with Gasteiger partial charge in [-0.05, 0) is 34.1 Å². The third-order valence-corrected chi connectivity index (χ3v) is 2.74. The number of carbonyl (C=O) groups excluding carboxylic acids is 1. The maximum Gasteiger partial charge on any atom is 0.573 e. The second-order valence-electron chi connectivity index (χ2n) is 3.77. The molecule has 0 aliphatic rings. The number of ether oxygens (including phenoxy) is 3. The van der Waals surface area contributed by atoms with Crippen molar-refractivity contribution in [1.29, 1.82) is 0 Å². The van der Waals surface area contributed by atoms with E-state index in [4.69, 9.17) is 9.47 Å². The highest BCUT2D eigenvalue weighted by Crippen LogP contribution is 2.31. The van der Waals surface area contributed by atoms with Gasteiger partial charge in [0.1, 0.15) is 11.5 Å². The summed E-state index contributed by atoms with van der Waals surface area (Å²) in [6, 6.07) is 3.47. The van der Waals surface area contributed by atoms with Gasteiger partial charge in [0, 0.05) is 13.7 Å². The van der Waals surface area contributed by atoms with E-state index in [2.05, 4.69) is 26.0 Å². The van der Waals surface area contributed by atoms with Crippen LogP contribution in [0.4, 0.5) is 13.2 Å². The fourth-order valence-corrected chi connectivity index (χ4v) is 1.75. The Kier molecular flexibility index (Phi) is 6.76. The number of halogens is 4. The molecule has 1 rings (SSSR count). The molecule has 0 heterocycles. The lowest BCUT2D eigenvalue weighted by Gasteiger charge is -2.12. The molecule has 5 nitrogen and oxygen atoms in total. The predicted octanol–water partition coefficient (Wildman–Crippen LogP) is 2.49. The summed E-state index contributed by atoms with van der Waals surface area (Å²) in [5.41, 5.74) is 0. The van der Waals surface area contributed by atoms with Crippen LogP contribution in [0, 0.1) is 0 Å². The molecule has 0 unspecified atom stereocenters. The summed E-state index contributed by atoms with van der Waals surface area (Å²) < 4.78 is 50.1. The summed E-state index contributed by atoms with van der Waals surface area (Å²) in [5, 5.41) is 2.54. The van der Waals surface area contributed by atoms with Crippen molar-refractivity contribution in [2.75, 3.05) is 26.9 Å². The van der Waals surface area contributed by atoms with Crippen LogP contribution < -0.4 is 14.8 Å². The van der Waals surface area contributed by atoms with Crippen molar-refractivity contribution in [1.82, 2.24) is 5.32 Å². The van der Waals surface area contributed by atoms with Gasteiger partial charge >= 0.3 is 6.36 Å². The molecule has 1 N–H and O–H groups in total. The summed E-state index contributed by atoms with van der Waals surface area (Å²) in [6.45, 7) is 0.457. The minimum Gasteiger partial charge on any atom is -0.483 e. The minimum absolute atomic E-state index is 0.228. The molecular weight excluding hydrogens is 359 g/mol. The fraction of sp³-hybridized carbons (Fsp3) is 0.417. The highest BCUT2D eigenvalue weighted by Gasteiger charge is 2.31. The smallest absolute Gasteiger partial charge is 0.483 e. The zero-order valence-electron chi connectivity index (χ0n) is 11.0. The summed E-state index contributed by atoms with van der Waals surface area (Å²) in [7, 11) is 1.50. The first kappa shape index (κ1) is 17.6. The zero-order valence-corrected chi connectivity index (χ0v) is 12.6. The second kappa shape index (κ2) is 8.08. The second-order valence-corrected chi connectivity index (χ2v) is 4.63. The normalized spacial score (nSPS) is 11.1. The van der Waals surface area contributed by atoms with E-state index in [-0.39, 0.29) is 28.5 Å². The van der Waals surface area contributed by atoms with E-state index < -0.39 is 6.36 Å². The molecule has 0 aliphatic heterocycles. The van der Waals surface area contributed by atoms with Gasteiger partial charge in [0.05, 0.1) is 11.1 Å². The van der Waals surface area contributed by atoms with E-state index in [1.165, 1.54) is 13.2 Å². The Morgan fingerprint density at radius 3 is 2.67 bits per heavy atom. The molecule has 0 saturated carbocycles. The molecule has 9 heteroatoms. The quantitative estimate of drug-likeness (QED) is 0.748. The first-order chi connectivity index (χ1) is 9.81. The van der Waals surface area contributed by atoms with Gasteiger partial charge < -0.3 is 19.5 Å². The molecular formula is C12H13BrF3NO4. The van der Waals surface area contributed by atoms with Crippen LogP contribution in [0.1, 0.15) is 0 Å². The van der Waals surface area contributed by atoms with Crippen molar-refractivity contribution in [2.45, 2.75) is 6.36 Å². The lowest BCUT2D eigenvalue weighted by atomic mass is 10.3. The van der Waals surface area contributed by atoms with Gasteiger partial charge in [-0.1, -0.05) is 0 Å². The maximum absolute atomic E-state index is 12.0. The number of methoxy groups -OCH3 is 1. The number of nitrogens with one attached hydrogen (secondary N) is 1. The van der Waals surface area contributed by atoms with E-state index in [0.717, 1.165) is 12.1 Å². The van der Waals surface area contributed by atoms with Crippen LogP contribution in [-0.4, -0.2) is 39.1 Å². The first-order valence-electron chi connectivity index (χ1n) is 5.75. The Labute approximate surface area is 127 Å². The van der Waals surface area contributed by atoms with Gasteiger partial charge in [-0.25, -0.2) is 0 Å². The molecule has 0 aliphatic carbocycles. The number of rotatable bonds is 7. The van der Waals surface area contributed by atoms with Gasteiger partial charge in [0.15, 0.2) is 6.61 Å². The van der Waals surface area contributed by atoms with Crippen molar-refractivity contribution in [2.24, 2.45) is 0 Å². The molecule has 1 aromatic rings. The Bertz CT molecular complexity index is 482. The number of hydrogen-bond donors (Lipinski definition) is 1. The van der Waals surface area contributed by atoms with Gasteiger partial charge in [-0.15, -0.1) is 13.2 Å². The number of carbonyl (C=O) groups is 1. The van der Waals surface area contributed by atoms with Crippen molar-refractivity contribution < 1.29 is 32.2 Å². The molecule has 0 fully saturated rings. The zero-order chi connectivity index (χ0) is 15.9. The molecule has 0 bridgehead atoms. The van der Waals surface area contributed by atoms with Gasteiger partial charge in [0.25, 0.3) is 5.91 Å². The summed E-state index contributed by atoms with van der Waals surface area (Å²) in [5.74, 6) is -0.521. The third kappa shape index (κ3) is 7.19. The van der Waals surface area contributed by atoms with Crippen molar-refractivity contribution in [3.8, 4) is 11.5 Å².